The molecule has 4 fully saturated rings. The van der Waals surface area contributed by atoms with Crippen molar-refractivity contribution in [1.82, 2.24) is 31.1 Å². The molecule has 6 atom stereocenters. The first-order valence-corrected chi connectivity index (χ1v) is 19.2. The van der Waals surface area contributed by atoms with Crippen molar-refractivity contribution in [2.45, 2.75) is 137 Å². The third-order valence-corrected chi connectivity index (χ3v) is 11.9. The third kappa shape index (κ3) is 9.23. The molecule has 0 bridgehead atoms. The number of hydrogen-bond donors (Lipinski definition) is 4. The number of amides is 7. The molecule has 290 valence electrons. The maximum atomic E-state index is 14.7. The summed E-state index contributed by atoms with van der Waals surface area (Å²) in [7, 11) is 0. The summed E-state index contributed by atoms with van der Waals surface area (Å²) in [4.78, 5) is 97.1. The van der Waals surface area contributed by atoms with Crippen molar-refractivity contribution in [2.24, 2.45) is 34.0 Å². The van der Waals surface area contributed by atoms with E-state index in [1.165, 1.54) is 11.0 Å². The van der Waals surface area contributed by atoms with Crippen molar-refractivity contribution in [3.05, 3.63) is 12.7 Å². The van der Waals surface area contributed by atoms with Gasteiger partial charge in [0, 0.05) is 32.5 Å². The Hall–Kier alpha value is -3.77. The highest BCUT2D eigenvalue weighted by atomic mass is 16.2. The maximum Gasteiger partial charge on any atom is 0.315 e. The van der Waals surface area contributed by atoms with Crippen LogP contribution >= 0.6 is 0 Å². The predicted octanol–water partition coefficient (Wildman–Crippen LogP) is 3.46. The van der Waals surface area contributed by atoms with Crippen molar-refractivity contribution >= 4 is 41.4 Å². The molecule has 2 heterocycles. The van der Waals surface area contributed by atoms with Crippen molar-refractivity contribution in [1.29, 1.82) is 0 Å². The molecule has 0 aromatic rings. The highest BCUT2D eigenvalue weighted by Crippen LogP contribution is 2.65. The molecule has 4 aliphatic rings. The second-order valence-corrected chi connectivity index (χ2v) is 17.9. The van der Waals surface area contributed by atoms with Gasteiger partial charge in [0.25, 0.3) is 5.91 Å². The fourth-order valence-electron chi connectivity index (χ4n) is 8.54. The number of carbonyl (C=O) groups is 7. The number of likely N-dealkylation sites (tertiary alicyclic amines) is 2. The highest BCUT2D eigenvalue weighted by Gasteiger charge is 2.69. The van der Waals surface area contributed by atoms with Gasteiger partial charge < -0.3 is 26.2 Å². The Kier molecular flexibility index (Phi) is 12.7. The third-order valence-electron chi connectivity index (χ3n) is 11.9. The second kappa shape index (κ2) is 16.1. The number of urea groups is 1. The molecule has 52 heavy (non-hydrogen) atoms. The minimum atomic E-state index is -1.04. The number of ketones is 1. The number of hydrogen-bond acceptors (Lipinski definition) is 7. The van der Waals surface area contributed by atoms with Gasteiger partial charge in [-0.3, -0.25) is 33.7 Å². The minimum absolute atomic E-state index is 0.0166. The number of nitrogens with zero attached hydrogens (tertiary/aromatic N) is 2. The van der Waals surface area contributed by atoms with Crippen LogP contribution in [0.3, 0.4) is 0 Å². The Morgan fingerprint density at radius 3 is 2.12 bits per heavy atom. The summed E-state index contributed by atoms with van der Waals surface area (Å²) in [5, 5.41) is 11.3. The van der Waals surface area contributed by atoms with Gasteiger partial charge in [-0.15, -0.1) is 6.58 Å². The summed E-state index contributed by atoms with van der Waals surface area (Å²) in [6.07, 6.45) is 7.08. The zero-order valence-corrected chi connectivity index (χ0v) is 32.6. The summed E-state index contributed by atoms with van der Waals surface area (Å²) in [6, 6.07) is -3.99. The van der Waals surface area contributed by atoms with Crippen molar-refractivity contribution in [3.8, 4) is 0 Å². The zero-order chi connectivity index (χ0) is 38.8. The van der Waals surface area contributed by atoms with E-state index in [1.54, 1.807) is 4.90 Å². The molecule has 2 saturated carbocycles. The van der Waals surface area contributed by atoms with Gasteiger partial charge in [-0.1, -0.05) is 87.1 Å². The van der Waals surface area contributed by atoms with Gasteiger partial charge in [0.05, 0.1) is 12.1 Å². The minimum Gasteiger partial charge on any atom is -0.346 e. The van der Waals surface area contributed by atoms with Crippen LogP contribution in [-0.4, -0.2) is 95.0 Å². The van der Waals surface area contributed by atoms with Crippen molar-refractivity contribution < 1.29 is 33.6 Å². The zero-order valence-electron chi connectivity index (χ0n) is 32.6. The van der Waals surface area contributed by atoms with Crippen LogP contribution in [0.2, 0.25) is 0 Å². The predicted molar refractivity (Wildman–Crippen MR) is 196 cm³/mol. The molecule has 2 saturated heterocycles. The number of Topliss-reactive ketones (excluding diaryl/α,β-unsaturated/α-hetero) is 1. The SMILES string of the molecule is C=CCNC(=O)C(=O)C(CCC)NC(=O)[C@@H]1[C@@H]2[C@H](CN1C(=O)[C@@H](NC(=O)N[C@H](CN1C(=O)CC(C)(C)CC1=O)C(C)(C)C)C1CCCCC1)C2(C)C. The molecule has 4 N–H and O–H groups in total. The molecule has 13 nitrogen and oxygen atoms in total. The molecule has 0 aromatic carbocycles. The van der Waals surface area contributed by atoms with E-state index in [2.05, 4.69) is 41.7 Å². The highest BCUT2D eigenvalue weighted by molar-refractivity contribution is 6.38. The van der Waals surface area contributed by atoms with E-state index in [9.17, 15) is 33.6 Å². The molecular weight excluding hydrogens is 664 g/mol. The van der Waals surface area contributed by atoms with Crippen LogP contribution in [0.4, 0.5) is 4.79 Å². The first-order chi connectivity index (χ1) is 24.2. The molecule has 2 aliphatic carbocycles. The van der Waals surface area contributed by atoms with Gasteiger partial charge in [0.15, 0.2) is 0 Å². The Labute approximate surface area is 309 Å². The molecule has 13 heteroatoms. The van der Waals surface area contributed by atoms with Crippen LogP contribution in [0.1, 0.15) is 113 Å². The van der Waals surface area contributed by atoms with Gasteiger partial charge in [-0.05, 0) is 53.3 Å². The fourth-order valence-corrected chi connectivity index (χ4v) is 8.54. The monoisotopic (exact) mass is 726 g/mol. The Bertz CT molecular complexity index is 1410. The van der Waals surface area contributed by atoms with E-state index in [4.69, 9.17) is 0 Å². The van der Waals surface area contributed by atoms with E-state index < -0.39 is 58.6 Å². The number of rotatable bonds is 14. The molecule has 1 unspecified atom stereocenters. The van der Waals surface area contributed by atoms with Crippen molar-refractivity contribution in [3.63, 3.8) is 0 Å². The fraction of sp³-hybridized carbons (Fsp3) is 0.769. The van der Waals surface area contributed by atoms with E-state index in [-0.39, 0.29) is 73.2 Å². The second-order valence-electron chi connectivity index (χ2n) is 17.9. The van der Waals surface area contributed by atoms with Crippen LogP contribution < -0.4 is 21.3 Å². The van der Waals surface area contributed by atoms with Crippen LogP contribution in [0.15, 0.2) is 12.7 Å². The maximum absolute atomic E-state index is 14.7. The lowest BCUT2D eigenvalue weighted by molar-refractivity contribution is -0.153. The molecule has 4 rings (SSSR count). The van der Waals surface area contributed by atoms with Gasteiger partial charge in [0.1, 0.15) is 12.1 Å². The van der Waals surface area contributed by atoms with Gasteiger partial charge >= 0.3 is 6.03 Å². The van der Waals surface area contributed by atoms with Gasteiger partial charge in [-0.25, -0.2) is 4.79 Å². The molecule has 0 radical (unpaired) electrons. The average molecular weight is 727 g/mol. The number of carbonyl (C=O) groups excluding carboxylic acids is 7. The molecule has 0 aromatic heterocycles. The molecule has 7 amide bonds. The summed E-state index contributed by atoms with van der Waals surface area (Å²) in [5.41, 5.74) is -1.16. The van der Waals surface area contributed by atoms with E-state index >= 15 is 0 Å². The quantitative estimate of drug-likeness (QED) is 0.121. The first kappa shape index (κ1) is 41.0. The molecule has 0 spiro atoms. The topological polar surface area (TPSA) is 174 Å². The smallest absolute Gasteiger partial charge is 0.315 e. The van der Waals surface area contributed by atoms with Crippen molar-refractivity contribution in [2.75, 3.05) is 19.6 Å². The van der Waals surface area contributed by atoms with E-state index in [0.717, 1.165) is 32.1 Å². The first-order valence-electron chi connectivity index (χ1n) is 19.2. The summed E-state index contributed by atoms with van der Waals surface area (Å²) >= 11 is 0. The Morgan fingerprint density at radius 1 is 0.942 bits per heavy atom. The Morgan fingerprint density at radius 2 is 1.56 bits per heavy atom. The van der Waals surface area contributed by atoms with Crippen LogP contribution in [0, 0.1) is 34.0 Å². The lowest BCUT2D eigenvalue weighted by Crippen LogP contribution is -2.62. The van der Waals surface area contributed by atoms with E-state index in [0.29, 0.717) is 13.0 Å². The number of piperidine rings is 2. The Balaban J connectivity index is 1.55. The van der Waals surface area contributed by atoms with Gasteiger partial charge in [0.2, 0.25) is 29.4 Å². The number of nitrogens with one attached hydrogen (secondary N) is 4. The summed E-state index contributed by atoms with van der Waals surface area (Å²) < 4.78 is 0. The normalized spacial score (nSPS) is 25.7. The van der Waals surface area contributed by atoms with Crippen LogP contribution in [0.5, 0.6) is 0 Å². The summed E-state index contributed by atoms with van der Waals surface area (Å²) in [5.74, 6) is -3.13. The lowest BCUT2D eigenvalue weighted by Gasteiger charge is -2.40. The number of fused-ring (bicyclic) bond motifs is 1. The van der Waals surface area contributed by atoms with Gasteiger partial charge in [-0.2, -0.15) is 0 Å². The summed E-state index contributed by atoms with van der Waals surface area (Å²) in [6.45, 7) is 19.6. The molecular formula is C39H62N6O7. The molecule has 2 aliphatic heterocycles. The number of imide groups is 1. The lowest BCUT2D eigenvalue weighted by atomic mass is 9.80. The van der Waals surface area contributed by atoms with Crippen LogP contribution in [0.25, 0.3) is 0 Å². The van der Waals surface area contributed by atoms with E-state index in [1.807, 2.05) is 41.5 Å². The largest absolute Gasteiger partial charge is 0.346 e. The average Bonchev–Trinajstić information content (AvgIpc) is 3.36. The van der Waals surface area contributed by atoms with Crippen LogP contribution in [-0.2, 0) is 28.8 Å². The standard InChI is InChI=1S/C39H62N6O7/c1-10-15-25(32(48)34(50)40-18-11-2)41-33(49)31-29-24(39(29,8)9)21-45(31)35(51)30(23-16-13-12-14-17-23)43-36(52)42-26(37(3,4)5)22-44-27(46)19-38(6,7)20-28(44)47/h11,23-26,29-31H,2,10,12-22H2,1,3-9H3,(H,40,50)(H,41,49)(H2,42,43,52)/t24-,25?,26+,29-,30-,31-/m0/s1.